The van der Waals surface area contributed by atoms with E-state index in [-0.39, 0.29) is 11.7 Å². The van der Waals surface area contributed by atoms with Gasteiger partial charge in [-0.25, -0.2) is 4.39 Å². The summed E-state index contributed by atoms with van der Waals surface area (Å²) >= 11 is 0. The number of carbonyl (C=O) groups excluding carboxylic acids is 1. The van der Waals surface area contributed by atoms with E-state index < -0.39 is 0 Å². The fourth-order valence-corrected chi connectivity index (χ4v) is 2.99. The van der Waals surface area contributed by atoms with Crippen molar-refractivity contribution in [2.24, 2.45) is 5.92 Å². The molecule has 1 unspecified atom stereocenters. The number of rotatable bonds is 7. The summed E-state index contributed by atoms with van der Waals surface area (Å²) in [7, 11) is 0. The second kappa shape index (κ2) is 7.58. The Balaban J connectivity index is 1.65. The average molecular weight is 326 g/mol. The lowest BCUT2D eigenvalue weighted by Crippen LogP contribution is -2.40. The van der Waals surface area contributed by atoms with Crippen LogP contribution in [0, 0.1) is 11.7 Å². The van der Waals surface area contributed by atoms with Gasteiger partial charge in [-0.05, 0) is 49.4 Å². The van der Waals surface area contributed by atoms with Gasteiger partial charge in [-0.1, -0.05) is 36.4 Å². The maximum atomic E-state index is 13.2. The molecule has 3 rings (SSSR count). The van der Waals surface area contributed by atoms with E-state index in [2.05, 4.69) is 29.3 Å². The topological polar surface area (TPSA) is 32.3 Å². The van der Waals surface area contributed by atoms with Crippen molar-refractivity contribution in [3.8, 4) is 0 Å². The lowest BCUT2D eigenvalue weighted by molar-refractivity contribution is -0.118. The summed E-state index contributed by atoms with van der Waals surface area (Å²) in [6, 6.07) is 16.6. The van der Waals surface area contributed by atoms with E-state index in [0.717, 1.165) is 6.54 Å². The molecule has 0 heterocycles. The van der Waals surface area contributed by atoms with Gasteiger partial charge >= 0.3 is 0 Å². The third kappa shape index (κ3) is 4.65. The summed E-state index contributed by atoms with van der Waals surface area (Å²) < 4.78 is 13.2. The molecule has 1 aliphatic rings. The van der Waals surface area contributed by atoms with E-state index >= 15 is 0 Å². The minimum atomic E-state index is -0.347. The summed E-state index contributed by atoms with van der Waals surface area (Å²) in [5.41, 5.74) is 1.70. The van der Waals surface area contributed by atoms with Gasteiger partial charge in [0.1, 0.15) is 5.82 Å². The zero-order valence-corrected chi connectivity index (χ0v) is 13.9. The first-order valence-corrected chi connectivity index (χ1v) is 8.45. The van der Waals surface area contributed by atoms with Crippen LogP contribution in [0.25, 0.3) is 0 Å². The monoisotopic (exact) mass is 326 g/mol. The molecule has 1 amide bonds. The Morgan fingerprint density at radius 3 is 2.62 bits per heavy atom. The molecule has 0 radical (unpaired) electrons. The number of halogens is 1. The maximum absolute atomic E-state index is 13.2. The zero-order chi connectivity index (χ0) is 16.9. The fraction of sp³-hybridized carbons (Fsp3) is 0.350. The van der Waals surface area contributed by atoms with Crippen LogP contribution in [-0.2, 0) is 11.3 Å². The third-order valence-corrected chi connectivity index (χ3v) is 4.56. The molecule has 1 aliphatic carbocycles. The van der Waals surface area contributed by atoms with Crippen molar-refractivity contribution >= 4 is 11.6 Å². The quantitative estimate of drug-likeness (QED) is 0.832. The van der Waals surface area contributed by atoms with Crippen LogP contribution >= 0.6 is 0 Å². The van der Waals surface area contributed by atoms with Gasteiger partial charge in [-0.2, -0.15) is 0 Å². The Morgan fingerprint density at radius 1 is 1.21 bits per heavy atom. The number of nitrogens with zero attached hydrogens (tertiary/aromatic N) is 1. The molecule has 0 spiro atoms. The van der Waals surface area contributed by atoms with Gasteiger partial charge in [-0.3, -0.25) is 9.69 Å². The third-order valence-electron chi connectivity index (χ3n) is 4.56. The van der Waals surface area contributed by atoms with Crippen molar-refractivity contribution in [2.45, 2.75) is 32.4 Å². The fourth-order valence-electron chi connectivity index (χ4n) is 2.99. The Morgan fingerprint density at radius 2 is 1.96 bits per heavy atom. The van der Waals surface area contributed by atoms with Crippen LogP contribution < -0.4 is 5.32 Å². The van der Waals surface area contributed by atoms with Crippen LogP contribution in [0.3, 0.4) is 0 Å². The first-order chi connectivity index (χ1) is 11.6. The van der Waals surface area contributed by atoms with Gasteiger partial charge in [0.15, 0.2) is 0 Å². The summed E-state index contributed by atoms with van der Waals surface area (Å²) in [4.78, 5) is 14.6. The number of benzene rings is 2. The van der Waals surface area contributed by atoms with Gasteiger partial charge in [-0.15, -0.1) is 0 Å². The van der Waals surface area contributed by atoms with Crippen molar-refractivity contribution in [3.63, 3.8) is 0 Å². The molecule has 1 atom stereocenters. The second-order valence-corrected chi connectivity index (χ2v) is 6.53. The van der Waals surface area contributed by atoms with Crippen LogP contribution in [0.2, 0.25) is 0 Å². The lowest BCUT2D eigenvalue weighted by Gasteiger charge is -2.28. The van der Waals surface area contributed by atoms with E-state index in [9.17, 15) is 9.18 Å². The number of hydrogen-bond acceptors (Lipinski definition) is 2. The molecule has 1 saturated carbocycles. The van der Waals surface area contributed by atoms with E-state index in [1.807, 2.05) is 18.2 Å². The molecule has 0 aromatic heterocycles. The van der Waals surface area contributed by atoms with Crippen LogP contribution in [0.1, 0.15) is 25.3 Å². The molecule has 2 aromatic carbocycles. The van der Waals surface area contributed by atoms with Gasteiger partial charge in [0.05, 0.1) is 6.54 Å². The molecule has 0 aliphatic heterocycles. The number of nitrogens with one attached hydrogen (secondary N) is 1. The van der Waals surface area contributed by atoms with E-state index in [0.29, 0.717) is 24.2 Å². The van der Waals surface area contributed by atoms with Gasteiger partial charge in [0.25, 0.3) is 0 Å². The van der Waals surface area contributed by atoms with E-state index in [1.54, 1.807) is 12.1 Å². The smallest absolute Gasteiger partial charge is 0.238 e. The molecule has 4 heteroatoms. The normalized spacial score (nSPS) is 15.3. The first kappa shape index (κ1) is 16.7. The van der Waals surface area contributed by atoms with Gasteiger partial charge in [0, 0.05) is 18.3 Å². The molecule has 3 nitrogen and oxygen atoms in total. The standard InChI is InChI=1S/C20H23FN2O/c1-15(17-10-11-17)23(13-16-6-3-2-4-7-16)14-20(24)22-19-9-5-8-18(21)12-19/h2-9,12,15,17H,10-11,13-14H2,1H3,(H,22,24). The number of anilines is 1. The van der Waals surface area contributed by atoms with Crippen LogP contribution in [-0.4, -0.2) is 23.4 Å². The molecular formula is C20H23FN2O. The van der Waals surface area contributed by atoms with Crippen molar-refractivity contribution in [2.75, 3.05) is 11.9 Å². The maximum Gasteiger partial charge on any atom is 0.238 e. The largest absolute Gasteiger partial charge is 0.325 e. The highest BCUT2D eigenvalue weighted by Crippen LogP contribution is 2.35. The second-order valence-electron chi connectivity index (χ2n) is 6.53. The SMILES string of the molecule is CC(C1CC1)N(CC(=O)Nc1cccc(F)c1)Cc1ccccc1. The predicted molar refractivity (Wildman–Crippen MR) is 94.1 cm³/mol. The van der Waals surface area contributed by atoms with Gasteiger partial charge in [0.2, 0.25) is 5.91 Å². The Hall–Kier alpha value is -2.20. The summed E-state index contributed by atoms with van der Waals surface area (Å²) in [6.07, 6.45) is 2.47. The molecule has 0 bridgehead atoms. The van der Waals surface area contributed by atoms with Crippen LogP contribution in [0.5, 0.6) is 0 Å². The zero-order valence-electron chi connectivity index (χ0n) is 13.9. The van der Waals surface area contributed by atoms with Crippen molar-refractivity contribution in [1.82, 2.24) is 4.90 Å². The molecule has 0 saturated heterocycles. The predicted octanol–water partition coefficient (Wildman–Crippen LogP) is 4.06. The lowest BCUT2D eigenvalue weighted by atomic mass is 10.1. The van der Waals surface area contributed by atoms with E-state index in [1.165, 1.54) is 30.5 Å². The summed E-state index contributed by atoms with van der Waals surface area (Å²) in [5.74, 6) is 0.222. The Kier molecular flexibility index (Phi) is 5.26. The summed E-state index contributed by atoms with van der Waals surface area (Å²) in [5, 5.41) is 2.79. The molecule has 24 heavy (non-hydrogen) atoms. The Bertz CT molecular complexity index is 685. The molecule has 1 fully saturated rings. The highest BCUT2D eigenvalue weighted by atomic mass is 19.1. The highest BCUT2D eigenvalue weighted by molar-refractivity contribution is 5.92. The summed E-state index contributed by atoms with van der Waals surface area (Å²) in [6.45, 7) is 3.24. The molecular weight excluding hydrogens is 303 g/mol. The van der Waals surface area contributed by atoms with Crippen molar-refractivity contribution in [3.05, 3.63) is 66.0 Å². The van der Waals surface area contributed by atoms with Crippen LogP contribution in [0.4, 0.5) is 10.1 Å². The van der Waals surface area contributed by atoms with Crippen molar-refractivity contribution < 1.29 is 9.18 Å². The number of carbonyl (C=O) groups is 1. The molecule has 2 aromatic rings. The average Bonchev–Trinajstić information content (AvgIpc) is 3.39. The molecule has 1 N–H and O–H groups in total. The first-order valence-electron chi connectivity index (χ1n) is 8.45. The van der Waals surface area contributed by atoms with Crippen LogP contribution in [0.15, 0.2) is 54.6 Å². The Labute approximate surface area is 142 Å². The molecule has 126 valence electrons. The highest BCUT2D eigenvalue weighted by Gasteiger charge is 2.32. The number of hydrogen-bond donors (Lipinski definition) is 1. The van der Waals surface area contributed by atoms with Gasteiger partial charge < -0.3 is 5.32 Å². The van der Waals surface area contributed by atoms with E-state index in [4.69, 9.17) is 0 Å². The number of amides is 1. The minimum Gasteiger partial charge on any atom is -0.325 e. The minimum absolute atomic E-state index is 0.107. The van der Waals surface area contributed by atoms with Crippen molar-refractivity contribution in [1.29, 1.82) is 0 Å².